The fourth-order valence-electron chi connectivity index (χ4n) is 3.60. The highest BCUT2D eigenvalue weighted by molar-refractivity contribution is 7.98. The van der Waals surface area contributed by atoms with Crippen LogP contribution in [0.25, 0.3) is 0 Å². The third-order valence-corrected chi connectivity index (χ3v) is 7.12. The molecule has 0 bridgehead atoms. The van der Waals surface area contributed by atoms with Gasteiger partial charge in [-0.15, -0.1) is 23.1 Å². The molecule has 0 radical (unpaired) electrons. The van der Waals surface area contributed by atoms with Crippen molar-refractivity contribution < 1.29 is 9.59 Å². The van der Waals surface area contributed by atoms with Gasteiger partial charge in [0.1, 0.15) is 0 Å². The largest absolute Gasteiger partial charge is 0.348 e. The fourth-order valence-corrected chi connectivity index (χ4v) is 5.26. The molecule has 2 amide bonds. The second kappa shape index (κ2) is 10.1. The van der Waals surface area contributed by atoms with E-state index in [2.05, 4.69) is 15.7 Å². The summed E-state index contributed by atoms with van der Waals surface area (Å²) in [7, 11) is 0. The number of thioether (sulfide) groups is 1. The topological polar surface area (TPSA) is 62.3 Å². The Hall–Kier alpha value is -2.64. The molecule has 3 aromatic rings. The van der Waals surface area contributed by atoms with E-state index in [0.717, 1.165) is 52.8 Å². The summed E-state index contributed by atoms with van der Waals surface area (Å²) in [6, 6.07) is 15.2. The molecule has 2 heterocycles. The van der Waals surface area contributed by atoms with Gasteiger partial charge in [0.2, 0.25) is 0 Å². The molecule has 0 unspecified atom stereocenters. The van der Waals surface area contributed by atoms with Crippen molar-refractivity contribution >= 4 is 34.9 Å². The first-order valence-corrected chi connectivity index (χ1v) is 12.3. The normalized spacial score (nSPS) is 13.4. The Morgan fingerprint density at radius 2 is 1.94 bits per heavy atom. The van der Waals surface area contributed by atoms with Crippen molar-refractivity contribution in [3.8, 4) is 0 Å². The summed E-state index contributed by atoms with van der Waals surface area (Å²) in [5.41, 5.74) is 3.29. The lowest BCUT2D eigenvalue weighted by atomic mass is 10.1. The zero-order chi connectivity index (χ0) is 21.6. The van der Waals surface area contributed by atoms with E-state index in [1.165, 1.54) is 0 Å². The first-order chi connectivity index (χ1) is 15.1. The molecule has 0 aliphatic carbocycles. The average Bonchev–Trinajstić information content (AvgIpc) is 3.48. The Bertz CT molecular complexity index is 1070. The van der Waals surface area contributed by atoms with E-state index < -0.39 is 0 Å². The summed E-state index contributed by atoms with van der Waals surface area (Å²) in [6.45, 7) is 4.03. The summed E-state index contributed by atoms with van der Waals surface area (Å²) in [6.07, 6.45) is 2.14. The molecule has 2 aromatic carbocycles. The molecule has 1 saturated heterocycles. The van der Waals surface area contributed by atoms with Crippen LogP contribution in [-0.2, 0) is 12.3 Å². The lowest BCUT2D eigenvalue weighted by Crippen LogP contribution is -2.28. The van der Waals surface area contributed by atoms with Gasteiger partial charge in [-0.05, 0) is 49.6 Å². The number of carbonyl (C=O) groups excluding carboxylic acids is 2. The molecular formula is C24H25N3O2S2. The highest BCUT2D eigenvalue weighted by Crippen LogP contribution is 2.27. The van der Waals surface area contributed by atoms with Crippen molar-refractivity contribution in [1.29, 1.82) is 0 Å². The minimum atomic E-state index is -0.117. The lowest BCUT2D eigenvalue weighted by molar-refractivity contribution is 0.0792. The number of hydrogen-bond donors (Lipinski definition) is 1. The number of carbonyl (C=O) groups is 2. The molecule has 0 atom stereocenters. The maximum absolute atomic E-state index is 12.9. The van der Waals surface area contributed by atoms with Gasteiger partial charge in [0.15, 0.2) is 0 Å². The number of amides is 2. The van der Waals surface area contributed by atoms with Gasteiger partial charge in [-0.25, -0.2) is 4.98 Å². The van der Waals surface area contributed by atoms with Crippen LogP contribution in [0.2, 0.25) is 0 Å². The van der Waals surface area contributed by atoms with Gasteiger partial charge in [0.05, 0.1) is 16.3 Å². The van der Waals surface area contributed by atoms with Crippen LogP contribution in [0.15, 0.2) is 58.8 Å². The maximum Gasteiger partial charge on any atom is 0.253 e. The minimum Gasteiger partial charge on any atom is -0.348 e. The van der Waals surface area contributed by atoms with Gasteiger partial charge in [-0.1, -0.05) is 24.3 Å². The van der Waals surface area contributed by atoms with Gasteiger partial charge in [-0.3, -0.25) is 9.59 Å². The highest BCUT2D eigenvalue weighted by Gasteiger charge is 2.19. The van der Waals surface area contributed by atoms with E-state index in [-0.39, 0.29) is 11.8 Å². The van der Waals surface area contributed by atoms with E-state index in [1.807, 2.05) is 60.4 Å². The van der Waals surface area contributed by atoms with Gasteiger partial charge < -0.3 is 10.2 Å². The summed E-state index contributed by atoms with van der Waals surface area (Å²) in [5.74, 6) is 0.688. The number of benzene rings is 2. The van der Waals surface area contributed by atoms with E-state index in [0.29, 0.717) is 17.7 Å². The summed E-state index contributed by atoms with van der Waals surface area (Å²) in [5, 5.41) is 6.11. The summed E-state index contributed by atoms with van der Waals surface area (Å²) in [4.78, 5) is 32.8. The highest BCUT2D eigenvalue weighted by atomic mass is 32.2. The van der Waals surface area contributed by atoms with E-state index in [9.17, 15) is 9.59 Å². The number of nitrogens with zero attached hydrogens (tertiary/aromatic N) is 2. The molecular weight excluding hydrogens is 426 g/mol. The van der Waals surface area contributed by atoms with Crippen molar-refractivity contribution in [2.45, 2.75) is 37.0 Å². The summed E-state index contributed by atoms with van der Waals surface area (Å²) < 4.78 is 0. The quantitative estimate of drug-likeness (QED) is 0.519. The van der Waals surface area contributed by atoms with Gasteiger partial charge in [-0.2, -0.15) is 0 Å². The molecule has 1 fully saturated rings. The average molecular weight is 452 g/mol. The molecule has 1 aliphatic heterocycles. The number of nitrogens with one attached hydrogen (secondary N) is 1. The second-order valence-corrected chi connectivity index (χ2v) is 9.60. The zero-order valence-electron chi connectivity index (χ0n) is 17.5. The van der Waals surface area contributed by atoms with Crippen molar-refractivity contribution in [2.75, 3.05) is 13.1 Å². The Labute approximate surface area is 190 Å². The lowest BCUT2D eigenvalue weighted by Gasteiger charge is -2.16. The predicted molar refractivity (Wildman–Crippen MR) is 126 cm³/mol. The molecule has 0 spiro atoms. The van der Waals surface area contributed by atoms with Crippen LogP contribution >= 0.6 is 23.1 Å². The number of aryl methyl sites for hydroxylation is 1. The van der Waals surface area contributed by atoms with E-state index in [4.69, 9.17) is 0 Å². The molecule has 1 N–H and O–H groups in total. The van der Waals surface area contributed by atoms with Crippen LogP contribution in [0.5, 0.6) is 0 Å². The Kier molecular flexibility index (Phi) is 7.04. The molecule has 5 nitrogen and oxygen atoms in total. The van der Waals surface area contributed by atoms with Crippen LogP contribution in [0.1, 0.15) is 49.8 Å². The van der Waals surface area contributed by atoms with Crippen LogP contribution in [0.4, 0.5) is 0 Å². The second-order valence-electron chi connectivity index (χ2n) is 7.53. The third-order valence-electron chi connectivity index (χ3n) is 5.19. The zero-order valence-corrected chi connectivity index (χ0v) is 19.1. The van der Waals surface area contributed by atoms with E-state index >= 15 is 0 Å². The minimum absolute atomic E-state index is 0.0738. The van der Waals surface area contributed by atoms with Crippen molar-refractivity contribution in [3.05, 3.63) is 81.3 Å². The molecule has 4 rings (SSSR count). The number of aromatic nitrogens is 1. The van der Waals surface area contributed by atoms with Crippen molar-refractivity contribution in [3.63, 3.8) is 0 Å². The third kappa shape index (κ3) is 5.54. The monoisotopic (exact) mass is 451 g/mol. The smallest absolute Gasteiger partial charge is 0.253 e. The van der Waals surface area contributed by atoms with Crippen molar-refractivity contribution in [2.24, 2.45) is 0 Å². The number of thiazole rings is 1. The number of likely N-dealkylation sites (tertiary alicyclic amines) is 1. The SMILES string of the molecule is Cc1nc(CSc2ccccc2C(=O)NCc2cccc(C(=O)N3CCCC3)c2)cs1. The van der Waals surface area contributed by atoms with Gasteiger partial charge >= 0.3 is 0 Å². The van der Waals surface area contributed by atoms with Crippen LogP contribution in [-0.4, -0.2) is 34.8 Å². The molecule has 0 saturated carbocycles. The Morgan fingerprint density at radius 1 is 1.13 bits per heavy atom. The number of hydrogen-bond acceptors (Lipinski definition) is 5. The number of rotatable bonds is 7. The van der Waals surface area contributed by atoms with Gasteiger partial charge in [0, 0.05) is 41.2 Å². The van der Waals surface area contributed by atoms with E-state index in [1.54, 1.807) is 23.1 Å². The Balaban J connectivity index is 1.39. The van der Waals surface area contributed by atoms with Crippen LogP contribution in [0.3, 0.4) is 0 Å². The van der Waals surface area contributed by atoms with Gasteiger partial charge in [0.25, 0.3) is 11.8 Å². The molecule has 1 aromatic heterocycles. The fraction of sp³-hybridized carbons (Fsp3) is 0.292. The van der Waals surface area contributed by atoms with Crippen LogP contribution in [0, 0.1) is 6.92 Å². The summed E-state index contributed by atoms with van der Waals surface area (Å²) >= 11 is 3.25. The standard InChI is InChI=1S/C24H25N3O2S2/c1-17-26-20(15-30-17)16-31-22-10-3-2-9-21(22)23(28)25-14-18-7-6-8-19(13-18)24(29)27-11-4-5-12-27/h2-3,6-10,13,15H,4-5,11-12,14,16H2,1H3,(H,25,28). The molecule has 1 aliphatic rings. The predicted octanol–water partition coefficient (Wildman–Crippen LogP) is 4.91. The molecule has 31 heavy (non-hydrogen) atoms. The first-order valence-electron chi connectivity index (χ1n) is 10.4. The maximum atomic E-state index is 12.9. The van der Waals surface area contributed by atoms with Crippen LogP contribution < -0.4 is 5.32 Å². The molecule has 7 heteroatoms. The Morgan fingerprint density at radius 3 is 2.71 bits per heavy atom. The van der Waals surface area contributed by atoms with Crippen molar-refractivity contribution in [1.82, 2.24) is 15.2 Å². The molecule has 160 valence electrons. The first kappa shape index (κ1) is 21.6.